The Balaban J connectivity index is 2.18. The Bertz CT molecular complexity index is 604. The highest BCUT2D eigenvalue weighted by atomic mass is 16.6. The van der Waals surface area contributed by atoms with Crippen molar-refractivity contribution in [2.45, 2.75) is 51.4 Å². The van der Waals surface area contributed by atoms with E-state index < -0.39 is 23.9 Å². The molecule has 0 saturated heterocycles. The van der Waals surface area contributed by atoms with E-state index in [0.29, 0.717) is 12.8 Å². The largest absolute Gasteiger partial charge is 0.481 e. The maximum Gasteiger partial charge on any atom is 0.345 e. The van der Waals surface area contributed by atoms with Gasteiger partial charge in [0.2, 0.25) is 0 Å². The first kappa shape index (κ1) is 20.3. The molecule has 0 unspecified atom stereocenters. The Labute approximate surface area is 145 Å². The maximum absolute atomic E-state index is 11.8. The first-order valence-electron chi connectivity index (χ1n) is 8.20. The normalized spacial score (nSPS) is 10.2. The molecule has 1 rings (SSSR count). The lowest BCUT2D eigenvalue weighted by molar-refractivity contribution is -0.138. The van der Waals surface area contributed by atoms with Crippen molar-refractivity contribution in [2.75, 3.05) is 0 Å². The third-order valence-corrected chi connectivity index (χ3v) is 3.60. The van der Waals surface area contributed by atoms with Gasteiger partial charge in [-0.05, 0) is 37.1 Å². The molecule has 0 atom stereocenters. The van der Waals surface area contributed by atoms with E-state index in [9.17, 15) is 19.2 Å². The van der Waals surface area contributed by atoms with Crippen LogP contribution in [0.2, 0.25) is 0 Å². The molecule has 0 spiro atoms. The van der Waals surface area contributed by atoms with Crippen LogP contribution in [0.4, 0.5) is 0 Å². The molecule has 0 amide bonds. The number of aromatic carboxylic acids is 1. The minimum atomic E-state index is -1.10. The number of hydrogen-bond acceptors (Lipinski definition) is 5. The van der Waals surface area contributed by atoms with Crippen molar-refractivity contribution in [3.05, 3.63) is 35.4 Å². The first-order chi connectivity index (χ1) is 11.9. The molecule has 0 bridgehead atoms. The summed E-state index contributed by atoms with van der Waals surface area (Å²) in [4.78, 5) is 44.4. The second kappa shape index (κ2) is 11.0. The molecular formula is C18H22O7. The van der Waals surface area contributed by atoms with Gasteiger partial charge in [-0.15, -0.1) is 0 Å². The number of esters is 2. The highest BCUT2D eigenvalue weighted by Gasteiger charge is 2.13. The molecule has 0 radical (unpaired) electrons. The van der Waals surface area contributed by atoms with Crippen LogP contribution in [0.3, 0.4) is 0 Å². The van der Waals surface area contributed by atoms with Crippen molar-refractivity contribution in [2.24, 2.45) is 0 Å². The van der Waals surface area contributed by atoms with Crippen molar-refractivity contribution < 1.29 is 34.1 Å². The van der Waals surface area contributed by atoms with Gasteiger partial charge in [-0.1, -0.05) is 25.7 Å². The smallest absolute Gasteiger partial charge is 0.345 e. The van der Waals surface area contributed by atoms with Gasteiger partial charge in [0.1, 0.15) is 0 Å². The Hall–Kier alpha value is -2.70. The van der Waals surface area contributed by atoms with Crippen LogP contribution in [-0.4, -0.2) is 34.1 Å². The molecule has 0 aliphatic carbocycles. The summed E-state index contributed by atoms with van der Waals surface area (Å²) in [7, 11) is 0. The first-order valence-corrected chi connectivity index (χ1v) is 8.20. The van der Waals surface area contributed by atoms with E-state index in [1.54, 1.807) is 0 Å². The van der Waals surface area contributed by atoms with Gasteiger partial charge in [0, 0.05) is 12.8 Å². The number of aliphatic carboxylic acids is 1. The topological polar surface area (TPSA) is 118 Å². The van der Waals surface area contributed by atoms with Crippen LogP contribution in [-0.2, 0) is 14.3 Å². The third-order valence-electron chi connectivity index (χ3n) is 3.60. The van der Waals surface area contributed by atoms with Gasteiger partial charge in [0.25, 0.3) is 0 Å². The summed E-state index contributed by atoms with van der Waals surface area (Å²) >= 11 is 0. The van der Waals surface area contributed by atoms with E-state index in [2.05, 4.69) is 0 Å². The van der Waals surface area contributed by atoms with Gasteiger partial charge < -0.3 is 14.9 Å². The predicted octanol–water partition coefficient (Wildman–Crippen LogP) is 3.27. The molecule has 25 heavy (non-hydrogen) atoms. The number of carboxylic acids is 2. The van der Waals surface area contributed by atoms with Crippen molar-refractivity contribution in [3.63, 3.8) is 0 Å². The number of benzene rings is 1. The molecule has 0 heterocycles. The highest BCUT2D eigenvalue weighted by Crippen LogP contribution is 2.10. The standard InChI is InChI=1S/C18H22O7/c19-15(20)7-5-3-1-2-4-6-8-16(21)25-18(24)14-11-9-13(10-12-14)17(22)23/h9-12H,1-8H2,(H,19,20)(H,22,23). The van der Waals surface area contributed by atoms with Crippen molar-refractivity contribution >= 4 is 23.9 Å². The molecule has 0 aliphatic rings. The zero-order valence-corrected chi connectivity index (χ0v) is 13.9. The van der Waals surface area contributed by atoms with E-state index in [1.807, 2.05) is 0 Å². The molecule has 1 aromatic carbocycles. The van der Waals surface area contributed by atoms with Crippen LogP contribution < -0.4 is 0 Å². The van der Waals surface area contributed by atoms with Crippen LogP contribution in [0.25, 0.3) is 0 Å². The number of carbonyl (C=O) groups is 4. The summed E-state index contributed by atoms with van der Waals surface area (Å²) in [5.41, 5.74) is 0.169. The molecule has 1 aromatic rings. The van der Waals surface area contributed by atoms with Gasteiger partial charge in [0.15, 0.2) is 0 Å². The summed E-state index contributed by atoms with van der Waals surface area (Å²) in [6, 6.07) is 5.15. The lowest BCUT2D eigenvalue weighted by Gasteiger charge is -2.04. The fourth-order valence-corrected chi connectivity index (χ4v) is 2.21. The quantitative estimate of drug-likeness (QED) is 0.357. The zero-order chi connectivity index (χ0) is 18.7. The molecular weight excluding hydrogens is 328 g/mol. The molecule has 0 saturated carbocycles. The number of carbonyl (C=O) groups excluding carboxylic acids is 2. The Morgan fingerprint density at radius 2 is 1.20 bits per heavy atom. The average molecular weight is 350 g/mol. The number of rotatable bonds is 11. The van der Waals surface area contributed by atoms with Gasteiger partial charge in [-0.2, -0.15) is 0 Å². The van der Waals surface area contributed by atoms with Crippen LogP contribution in [0.15, 0.2) is 24.3 Å². The van der Waals surface area contributed by atoms with Crippen molar-refractivity contribution in [1.82, 2.24) is 0 Å². The van der Waals surface area contributed by atoms with E-state index in [-0.39, 0.29) is 24.0 Å². The molecule has 136 valence electrons. The van der Waals surface area contributed by atoms with Gasteiger partial charge in [-0.3, -0.25) is 9.59 Å². The summed E-state index contributed by atoms with van der Waals surface area (Å²) < 4.78 is 4.72. The summed E-state index contributed by atoms with van der Waals surface area (Å²) in [6.45, 7) is 0. The SMILES string of the molecule is O=C(O)CCCCCCCCC(=O)OC(=O)c1ccc(C(=O)O)cc1. The molecule has 7 heteroatoms. The maximum atomic E-state index is 11.8. The molecule has 0 aliphatic heterocycles. The monoisotopic (exact) mass is 350 g/mol. The third kappa shape index (κ3) is 8.64. The average Bonchev–Trinajstić information content (AvgIpc) is 2.57. The lowest BCUT2D eigenvalue weighted by Crippen LogP contribution is -2.12. The van der Waals surface area contributed by atoms with Crippen LogP contribution in [0.1, 0.15) is 72.1 Å². The summed E-state index contributed by atoms with van der Waals surface area (Å²) in [5.74, 6) is -3.29. The number of unbranched alkanes of at least 4 members (excludes halogenated alkanes) is 5. The van der Waals surface area contributed by atoms with Crippen molar-refractivity contribution in [3.8, 4) is 0 Å². The molecule has 0 fully saturated rings. The molecule has 2 N–H and O–H groups in total. The van der Waals surface area contributed by atoms with Crippen LogP contribution >= 0.6 is 0 Å². The highest BCUT2D eigenvalue weighted by molar-refractivity contribution is 5.97. The van der Waals surface area contributed by atoms with E-state index >= 15 is 0 Å². The fraction of sp³-hybridized carbons (Fsp3) is 0.444. The number of hydrogen-bond donors (Lipinski definition) is 2. The van der Waals surface area contributed by atoms with Crippen LogP contribution in [0.5, 0.6) is 0 Å². The van der Waals surface area contributed by atoms with Crippen molar-refractivity contribution in [1.29, 1.82) is 0 Å². The summed E-state index contributed by atoms with van der Waals surface area (Å²) in [5, 5.41) is 17.3. The summed E-state index contributed by atoms with van der Waals surface area (Å²) in [6.07, 6.45) is 5.05. The molecule has 7 nitrogen and oxygen atoms in total. The minimum absolute atomic E-state index is 0.0474. The second-order valence-electron chi connectivity index (χ2n) is 5.66. The zero-order valence-electron chi connectivity index (χ0n) is 13.9. The van der Waals surface area contributed by atoms with Gasteiger partial charge in [0.05, 0.1) is 11.1 Å². The van der Waals surface area contributed by atoms with Crippen LogP contribution in [0, 0.1) is 0 Å². The predicted molar refractivity (Wildman–Crippen MR) is 88.4 cm³/mol. The Morgan fingerprint density at radius 3 is 1.72 bits per heavy atom. The second-order valence-corrected chi connectivity index (χ2v) is 5.66. The minimum Gasteiger partial charge on any atom is -0.481 e. The Kier molecular flexibility index (Phi) is 8.92. The number of carboxylic acid groups (broad SMARTS) is 2. The van der Waals surface area contributed by atoms with E-state index in [0.717, 1.165) is 25.7 Å². The van der Waals surface area contributed by atoms with E-state index in [1.165, 1.54) is 24.3 Å². The number of ether oxygens (including phenoxy) is 1. The lowest BCUT2D eigenvalue weighted by atomic mass is 10.1. The van der Waals surface area contributed by atoms with Gasteiger partial charge in [-0.25, -0.2) is 9.59 Å². The van der Waals surface area contributed by atoms with Gasteiger partial charge >= 0.3 is 23.9 Å². The molecule has 0 aromatic heterocycles. The Morgan fingerprint density at radius 1 is 0.720 bits per heavy atom. The van der Waals surface area contributed by atoms with E-state index in [4.69, 9.17) is 14.9 Å². The fourth-order valence-electron chi connectivity index (χ4n) is 2.21.